The minimum atomic E-state index is -1.11. The van der Waals surface area contributed by atoms with Crippen LogP contribution in [0.4, 0.5) is 0 Å². The first-order valence-electron chi connectivity index (χ1n) is 5.22. The zero-order chi connectivity index (χ0) is 12.6. The molecular formula is C12H11Br2ClOSi. The van der Waals surface area contributed by atoms with Gasteiger partial charge in [-0.3, -0.25) is 0 Å². The summed E-state index contributed by atoms with van der Waals surface area (Å²) in [5, 5.41) is 2.84. The summed E-state index contributed by atoms with van der Waals surface area (Å²) in [5.74, 6) is 0.878. The predicted octanol–water partition coefficient (Wildman–Crippen LogP) is 5.38. The van der Waals surface area contributed by atoms with Gasteiger partial charge in [0, 0.05) is 14.9 Å². The molecule has 17 heavy (non-hydrogen) atoms. The van der Waals surface area contributed by atoms with E-state index in [-0.39, 0.29) is 0 Å². The molecule has 0 spiro atoms. The Morgan fingerprint density at radius 1 is 1.12 bits per heavy atom. The lowest BCUT2D eigenvalue weighted by Crippen LogP contribution is -2.11. The third-order valence-electron chi connectivity index (χ3n) is 2.28. The summed E-state index contributed by atoms with van der Waals surface area (Å²) < 4.78 is 7.81. The molecule has 90 valence electrons. The minimum absolute atomic E-state index is 0.733. The molecule has 0 aliphatic carbocycles. The zero-order valence-corrected chi connectivity index (χ0v) is 14.5. The van der Waals surface area contributed by atoms with Crippen molar-refractivity contribution in [1.82, 2.24) is 0 Å². The first-order valence-corrected chi connectivity index (χ1v) is 9.97. The van der Waals surface area contributed by atoms with Gasteiger partial charge in [-0.2, -0.15) is 0 Å². The highest BCUT2D eigenvalue weighted by molar-refractivity contribution is 9.10. The van der Waals surface area contributed by atoms with E-state index in [0.29, 0.717) is 0 Å². The van der Waals surface area contributed by atoms with Crippen molar-refractivity contribution in [2.24, 2.45) is 0 Å². The van der Waals surface area contributed by atoms with Gasteiger partial charge in [-0.25, -0.2) is 0 Å². The van der Waals surface area contributed by atoms with Crippen LogP contribution in [-0.2, 0) is 0 Å². The Kier molecular flexibility index (Phi) is 4.18. The third kappa shape index (κ3) is 3.05. The van der Waals surface area contributed by atoms with Gasteiger partial charge in [0.2, 0.25) is 9.04 Å². The van der Waals surface area contributed by atoms with Crippen LogP contribution in [0.5, 0.6) is 5.75 Å². The van der Waals surface area contributed by atoms with E-state index in [1.54, 1.807) is 0 Å². The maximum Gasteiger partial charge on any atom is 0.229 e. The van der Waals surface area contributed by atoms with Gasteiger partial charge in [-0.05, 0) is 58.7 Å². The molecule has 0 aliphatic heterocycles. The minimum Gasteiger partial charge on any atom is -0.546 e. The van der Waals surface area contributed by atoms with Crippen molar-refractivity contribution >= 4 is 63.3 Å². The maximum atomic E-state index is 6.23. The predicted molar refractivity (Wildman–Crippen MR) is 83.9 cm³/mol. The van der Waals surface area contributed by atoms with Gasteiger partial charge >= 0.3 is 0 Å². The van der Waals surface area contributed by atoms with Gasteiger partial charge < -0.3 is 4.43 Å². The van der Waals surface area contributed by atoms with Gasteiger partial charge in [0.05, 0.1) is 4.47 Å². The van der Waals surface area contributed by atoms with Gasteiger partial charge in [-0.1, -0.05) is 27.5 Å². The zero-order valence-electron chi connectivity index (χ0n) is 9.43. The number of hydrogen-bond donors (Lipinski definition) is 0. The second-order valence-electron chi connectivity index (χ2n) is 4.06. The van der Waals surface area contributed by atoms with Crippen LogP contribution in [0.25, 0.3) is 10.8 Å². The van der Waals surface area contributed by atoms with Gasteiger partial charge in [0.25, 0.3) is 0 Å². The molecule has 0 amide bonds. The van der Waals surface area contributed by atoms with Crippen molar-refractivity contribution in [1.29, 1.82) is 0 Å². The van der Waals surface area contributed by atoms with Crippen molar-refractivity contribution in [3.05, 3.63) is 38.2 Å². The normalized spacial score (nSPS) is 11.2. The molecule has 0 aliphatic rings. The Hall–Kier alpha value is -0.0331. The Bertz CT molecular complexity index is 572. The van der Waals surface area contributed by atoms with Gasteiger partial charge in [-0.15, -0.1) is 0 Å². The maximum absolute atomic E-state index is 6.23. The van der Waals surface area contributed by atoms with E-state index >= 15 is 0 Å². The largest absolute Gasteiger partial charge is 0.546 e. The fraction of sp³-hybridized carbons (Fsp3) is 0.167. The number of fused-ring (bicyclic) bond motifs is 1. The molecule has 0 bridgehead atoms. The van der Waals surface area contributed by atoms with E-state index in [1.165, 1.54) is 0 Å². The molecule has 0 heterocycles. The average Bonchev–Trinajstić information content (AvgIpc) is 2.19. The molecule has 0 aromatic heterocycles. The summed E-state index contributed by atoms with van der Waals surface area (Å²) in [6, 6.07) is 7.98. The second-order valence-corrected chi connectivity index (χ2v) is 8.57. The number of hydrogen-bond acceptors (Lipinski definition) is 1. The van der Waals surface area contributed by atoms with Crippen molar-refractivity contribution in [3.8, 4) is 5.75 Å². The lowest BCUT2D eigenvalue weighted by Gasteiger charge is -2.13. The van der Waals surface area contributed by atoms with Crippen LogP contribution in [0.3, 0.4) is 0 Å². The average molecular weight is 395 g/mol. The molecule has 0 saturated heterocycles. The van der Waals surface area contributed by atoms with Crippen LogP contribution in [0.2, 0.25) is 18.1 Å². The van der Waals surface area contributed by atoms with E-state index in [9.17, 15) is 0 Å². The monoisotopic (exact) mass is 392 g/mol. The molecule has 0 atom stereocenters. The summed E-state index contributed by atoms with van der Waals surface area (Å²) in [6.45, 7) is 4.28. The first kappa shape index (κ1) is 13.4. The standard InChI is InChI=1S/C12H11Br2ClOSi/c1-17(2)16-12-6-9-7(4-10(12)14)3-8(13)5-11(9)15/h3-6,17H,1-2H3. The Morgan fingerprint density at radius 2 is 1.82 bits per heavy atom. The topological polar surface area (TPSA) is 9.23 Å². The summed E-state index contributed by atoms with van der Waals surface area (Å²) >= 11 is 13.2. The van der Waals surface area contributed by atoms with E-state index in [4.69, 9.17) is 16.0 Å². The summed E-state index contributed by atoms with van der Waals surface area (Å²) in [4.78, 5) is 0. The first-order chi connectivity index (χ1) is 7.97. The van der Waals surface area contributed by atoms with Gasteiger partial charge in [0.1, 0.15) is 5.75 Å². The smallest absolute Gasteiger partial charge is 0.229 e. The molecule has 0 fully saturated rings. The summed E-state index contributed by atoms with van der Waals surface area (Å²) in [5.41, 5.74) is 0. The SMILES string of the molecule is C[SiH](C)Oc1cc2c(Cl)cc(Br)cc2cc1Br. The fourth-order valence-electron chi connectivity index (χ4n) is 1.63. The van der Waals surface area contributed by atoms with Crippen LogP contribution in [-0.4, -0.2) is 9.04 Å². The third-order valence-corrected chi connectivity index (χ3v) is 4.40. The lowest BCUT2D eigenvalue weighted by molar-refractivity contribution is 0.578. The van der Waals surface area contributed by atoms with E-state index < -0.39 is 9.04 Å². The molecule has 0 unspecified atom stereocenters. The molecule has 2 aromatic carbocycles. The molecule has 5 heteroatoms. The van der Waals surface area contributed by atoms with Crippen LogP contribution in [0, 0.1) is 0 Å². The highest BCUT2D eigenvalue weighted by Gasteiger charge is 2.09. The lowest BCUT2D eigenvalue weighted by atomic mass is 10.1. The summed E-state index contributed by atoms with van der Waals surface area (Å²) in [6.07, 6.45) is 0. The van der Waals surface area contributed by atoms with Crippen molar-refractivity contribution in [3.63, 3.8) is 0 Å². The second kappa shape index (κ2) is 5.30. The molecule has 0 N–H and O–H groups in total. The highest BCUT2D eigenvalue weighted by atomic mass is 79.9. The van der Waals surface area contributed by atoms with Crippen LogP contribution >= 0.6 is 43.5 Å². The van der Waals surface area contributed by atoms with Crippen LogP contribution in [0.1, 0.15) is 0 Å². The highest BCUT2D eigenvalue weighted by Crippen LogP contribution is 2.35. The molecule has 2 aromatic rings. The van der Waals surface area contributed by atoms with Gasteiger partial charge in [0.15, 0.2) is 0 Å². The van der Waals surface area contributed by atoms with Crippen LogP contribution in [0.15, 0.2) is 33.2 Å². The quantitative estimate of drug-likeness (QED) is 0.621. The molecule has 2 rings (SSSR count). The van der Waals surface area contributed by atoms with Crippen LogP contribution < -0.4 is 4.43 Å². The van der Waals surface area contributed by atoms with E-state index in [0.717, 1.165) is 30.5 Å². The molecule has 0 saturated carbocycles. The van der Waals surface area contributed by atoms with Crippen molar-refractivity contribution in [2.45, 2.75) is 13.1 Å². The number of halogens is 3. The Morgan fingerprint density at radius 3 is 2.47 bits per heavy atom. The van der Waals surface area contributed by atoms with E-state index in [1.807, 2.05) is 24.3 Å². The number of benzene rings is 2. The van der Waals surface area contributed by atoms with Crippen molar-refractivity contribution < 1.29 is 4.43 Å². The number of rotatable bonds is 2. The summed E-state index contributed by atoms with van der Waals surface area (Å²) in [7, 11) is -1.11. The van der Waals surface area contributed by atoms with E-state index in [2.05, 4.69) is 45.0 Å². The molecular weight excluding hydrogens is 383 g/mol. The molecule has 1 nitrogen and oxygen atoms in total. The molecule has 0 radical (unpaired) electrons. The fourth-order valence-corrected chi connectivity index (χ4v) is 3.85. The Labute approximate surface area is 124 Å². The van der Waals surface area contributed by atoms with Crippen molar-refractivity contribution in [2.75, 3.05) is 0 Å². The Balaban J connectivity index is 2.63.